The number of hydrogen-bond acceptors (Lipinski definition) is 3. The molecule has 0 aromatic heterocycles. The lowest BCUT2D eigenvalue weighted by Crippen LogP contribution is -2.41. The predicted octanol–water partition coefficient (Wildman–Crippen LogP) is 2.27. The van der Waals surface area contributed by atoms with Gasteiger partial charge in [-0.15, -0.1) is 0 Å². The maximum Gasteiger partial charge on any atom is 0.0702 e. The third-order valence-corrected chi connectivity index (χ3v) is 4.70. The van der Waals surface area contributed by atoms with E-state index in [4.69, 9.17) is 4.74 Å². The molecule has 0 aromatic carbocycles. The van der Waals surface area contributed by atoms with E-state index in [0.717, 1.165) is 25.6 Å². The van der Waals surface area contributed by atoms with Crippen LogP contribution in [0.3, 0.4) is 0 Å². The molecule has 0 amide bonds. The Morgan fingerprint density at radius 1 is 1.17 bits per heavy atom. The molecule has 1 saturated heterocycles. The van der Waals surface area contributed by atoms with Gasteiger partial charge in [-0.3, -0.25) is 4.90 Å². The van der Waals surface area contributed by atoms with Gasteiger partial charge in [-0.25, -0.2) is 0 Å². The number of hydrogen-bond donors (Lipinski definition) is 1. The van der Waals surface area contributed by atoms with Gasteiger partial charge >= 0.3 is 0 Å². The third kappa shape index (κ3) is 4.22. The van der Waals surface area contributed by atoms with E-state index in [1.165, 1.54) is 45.1 Å². The topological polar surface area (TPSA) is 24.5 Å². The third-order valence-electron chi connectivity index (χ3n) is 4.70. The van der Waals surface area contributed by atoms with Gasteiger partial charge in [-0.1, -0.05) is 19.3 Å². The van der Waals surface area contributed by atoms with Crippen LogP contribution in [0.5, 0.6) is 0 Å². The Morgan fingerprint density at radius 2 is 1.94 bits per heavy atom. The van der Waals surface area contributed by atoms with Crippen molar-refractivity contribution in [2.24, 2.45) is 5.92 Å². The van der Waals surface area contributed by atoms with Gasteiger partial charge in [0.15, 0.2) is 0 Å². The highest BCUT2D eigenvalue weighted by Gasteiger charge is 2.27. The highest BCUT2D eigenvalue weighted by molar-refractivity contribution is 4.80. The molecule has 18 heavy (non-hydrogen) atoms. The van der Waals surface area contributed by atoms with Crippen molar-refractivity contribution in [2.45, 2.75) is 57.6 Å². The number of nitrogens with zero attached hydrogens (tertiary/aromatic N) is 1. The number of likely N-dealkylation sites (N-methyl/N-ethyl adjacent to an activating group) is 1. The van der Waals surface area contributed by atoms with Gasteiger partial charge in [0.05, 0.1) is 6.10 Å². The summed E-state index contributed by atoms with van der Waals surface area (Å²) in [6.07, 6.45) is 8.84. The van der Waals surface area contributed by atoms with E-state index < -0.39 is 0 Å². The molecule has 1 saturated carbocycles. The zero-order chi connectivity index (χ0) is 12.8. The fourth-order valence-electron chi connectivity index (χ4n) is 3.42. The minimum absolute atomic E-state index is 0.411. The first-order valence-electron chi connectivity index (χ1n) is 7.80. The molecule has 2 rings (SSSR count). The highest BCUT2D eigenvalue weighted by atomic mass is 16.5. The zero-order valence-corrected chi connectivity index (χ0v) is 12.2. The fourth-order valence-corrected chi connectivity index (χ4v) is 3.42. The summed E-state index contributed by atoms with van der Waals surface area (Å²) < 4.78 is 5.63. The van der Waals surface area contributed by atoms with Crippen LogP contribution in [0.2, 0.25) is 0 Å². The van der Waals surface area contributed by atoms with Crippen LogP contribution < -0.4 is 5.32 Å². The maximum atomic E-state index is 5.63. The Bertz CT molecular complexity index is 229. The second-order valence-corrected chi connectivity index (χ2v) is 6.12. The Morgan fingerprint density at radius 3 is 2.61 bits per heavy atom. The first-order valence-corrected chi connectivity index (χ1v) is 7.80. The molecule has 2 fully saturated rings. The lowest BCUT2D eigenvalue weighted by molar-refractivity contribution is 0.0839. The second kappa shape index (κ2) is 7.46. The number of ether oxygens (including phenoxy) is 1. The summed E-state index contributed by atoms with van der Waals surface area (Å²) in [6.45, 7) is 6.63. The molecule has 2 aliphatic rings. The monoisotopic (exact) mass is 254 g/mol. The van der Waals surface area contributed by atoms with Crippen molar-refractivity contribution in [1.29, 1.82) is 0 Å². The Balaban J connectivity index is 1.54. The van der Waals surface area contributed by atoms with Crippen LogP contribution in [-0.2, 0) is 4.74 Å². The summed E-state index contributed by atoms with van der Waals surface area (Å²) in [5.74, 6) is 0.942. The molecule has 3 heteroatoms. The minimum atomic E-state index is 0.411. The summed E-state index contributed by atoms with van der Waals surface area (Å²) in [5, 5.41) is 3.64. The molecule has 0 bridgehead atoms. The van der Waals surface area contributed by atoms with Crippen LogP contribution >= 0.6 is 0 Å². The maximum absolute atomic E-state index is 5.63. The SMILES string of the molecule is CC1OCCC1N(C)CCNCC1CCCCC1. The van der Waals surface area contributed by atoms with E-state index in [1.807, 2.05) is 0 Å². The normalized spacial score (nSPS) is 30.2. The zero-order valence-electron chi connectivity index (χ0n) is 12.2. The van der Waals surface area contributed by atoms with Crippen molar-refractivity contribution in [2.75, 3.05) is 33.3 Å². The highest BCUT2D eigenvalue weighted by Crippen LogP contribution is 2.22. The molecular formula is C15H30N2O. The lowest BCUT2D eigenvalue weighted by atomic mass is 9.89. The van der Waals surface area contributed by atoms with Gasteiger partial charge in [0.25, 0.3) is 0 Å². The Kier molecular flexibility index (Phi) is 5.93. The number of nitrogens with one attached hydrogen (secondary N) is 1. The standard InChI is InChI=1S/C15H30N2O/c1-13-15(8-11-18-13)17(2)10-9-16-12-14-6-4-3-5-7-14/h13-16H,3-12H2,1-2H3. The largest absolute Gasteiger partial charge is 0.377 e. The summed E-state index contributed by atoms with van der Waals surface area (Å²) in [5.41, 5.74) is 0. The smallest absolute Gasteiger partial charge is 0.0702 e. The van der Waals surface area contributed by atoms with Crippen LogP contribution in [0, 0.1) is 5.92 Å². The Labute approximate surface area is 112 Å². The molecule has 0 spiro atoms. The molecule has 1 heterocycles. The van der Waals surface area contributed by atoms with Crippen molar-refractivity contribution < 1.29 is 4.74 Å². The molecule has 0 aromatic rings. The van der Waals surface area contributed by atoms with Crippen LogP contribution in [0.1, 0.15) is 45.4 Å². The van der Waals surface area contributed by atoms with Crippen molar-refractivity contribution >= 4 is 0 Å². The van der Waals surface area contributed by atoms with Gasteiger partial charge < -0.3 is 10.1 Å². The first kappa shape index (κ1) is 14.3. The summed E-state index contributed by atoms with van der Waals surface area (Å²) >= 11 is 0. The van der Waals surface area contributed by atoms with Crippen LogP contribution in [0.4, 0.5) is 0 Å². The molecule has 3 nitrogen and oxygen atoms in total. The van der Waals surface area contributed by atoms with E-state index in [2.05, 4.69) is 24.2 Å². The summed E-state index contributed by atoms with van der Waals surface area (Å²) in [6, 6.07) is 0.626. The van der Waals surface area contributed by atoms with Crippen LogP contribution in [0.15, 0.2) is 0 Å². The molecular weight excluding hydrogens is 224 g/mol. The summed E-state index contributed by atoms with van der Waals surface area (Å²) in [7, 11) is 2.23. The van der Waals surface area contributed by atoms with Crippen molar-refractivity contribution in [3.05, 3.63) is 0 Å². The first-order chi connectivity index (χ1) is 8.77. The van der Waals surface area contributed by atoms with Gasteiger partial charge in [-0.05, 0) is 45.7 Å². The van der Waals surface area contributed by atoms with Crippen LogP contribution in [0.25, 0.3) is 0 Å². The average Bonchev–Trinajstić information content (AvgIpc) is 2.82. The van der Waals surface area contributed by atoms with E-state index >= 15 is 0 Å². The lowest BCUT2D eigenvalue weighted by Gasteiger charge is -2.27. The van der Waals surface area contributed by atoms with Crippen molar-refractivity contribution in [3.8, 4) is 0 Å². The van der Waals surface area contributed by atoms with Gasteiger partial charge in [0, 0.05) is 25.7 Å². The van der Waals surface area contributed by atoms with Crippen LogP contribution in [-0.4, -0.2) is 50.3 Å². The number of rotatable bonds is 6. The van der Waals surface area contributed by atoms with E-state index in [-0.39, 0.29) is 0 Å². The fraction of sp³-hybridized carbons (Fsp3) is 1.00. The molecule has 1 aliphatic heterocycles. The van der Waals surface area contributed by atoms with Gasteiger partial charge in [0.1, 0.15) is 0 Å². The molecule has 1 aliphatic carbocycles. The Hall–Kier alpha value is -0.120. The van der Waals surface area contributed by atoms with Crippen molar-refractivity contribution in [3.63, 3.8) is 0 Å². The van der Waals surface area contributed by atoms with E-state index in [1.54, 1.807) is 0 Å². The minimum Gasteiger partial charge on any atom is -0.377 e. The molecule has 0 radical (unpaired) electrons. The van der Waals surface area contributed by atoms with E-state index in [0.29, 0.717) is 12.1 Å². The van der Waals surface area contributed by atoms with E-state index in [9.17, 15) is 0 Å². The average molecular weight is 254 g/mol. The molecule has 2 atom stereocenters. The summed E-state index contributed by atoms with van der Waals surface area (Å²) in [4.78, 5) is 2.46. The quantitative estimate of drug-likeness (QED) is 0.736. The van der Waals surface area contributed by atoms with Gasteiger partial charge in [0.2, 0.25) is 0 Å². The molecule has 1 N–H and O–H groups in total. The van der Waals surface area contributed by atoms with Crippen molar-refractivity contribution in [1.82, 2.24) is 10.2 Å². The predicted molar refractivity (Wildman–Crippen MR) is 75.9 cm³/mol. The second-order valence-electron chi connectivity index (χ2n) is 6.12. The molecule has 106 valence electrons. The van der Waals surface area contributed by atoms with Gasteiger partial charge in [-0.2, -0.15) is 0 Å². The molecule has 2 unspecified atom stereocenters.